The molecule has 22 heteroatoms. The van der Waals surface area contributed by atoms with Crippen molar-refractivity contribution >= 4 is 91.5 Å². The molecule has 0 spiro atoms. The summed E-state index contributed by atoms with van der Waals surface area (Å²) in [5, 5.41) is 22.9. The molecular formula is C39H38F6N2O10S4. The van der Waals surface area contributed by atoms with E-state index in [0.29, 0.717) is 22.8 Å². The maximum absolute atomic E-state index is 12.9. The van der Waals surface area contributed by atoms with E-state index in [9.17, 15) is 55.1 Å². The van der Waals surface area contributed by atoms with Crippen molar-refractivity contribution in [2.45, 2.75) is 70.2 Å². The second-order valence-electron chi connectivity index (χ2n) is 12.9. The van der Waals surface area contributed by atoms with Crippen LogP contribution in [0.15, 0.2) is 60.7 Å². The van der Waals surface area contributed by atoms with Crippen molar-refractivity contribution < 1.29 is 74.8 Å². The normalized spacial score (nSPS) is 12.0. The summed E-state index contributed by atoms with van der Waals surface area (Å²) in [4.78, 5) is 74.0. The van der Waals surface area contributed by atoms with Crippen molar-refractivity contribution in [3.8, 4) is 11.5 Å². The number of ether oxygens (including phenoxy) is 2. The fraction of sp³-hybridized carbons (Fsp3) is 0.333. The van der Waals surface area contributed by atoms with Crippen molar-refractivity contribution in [1.82, 2.24) is 0 Å². The molecule has 4 N–H and O–H groups in total. The number of alkyl halides is 6. The number of rotatable bonds is 18. The minimum atomic E-state index is -4.84. The molecule has 2 amide bonds. The number of aliphatic carboxylic acids is 2. The minimum absolute atomic E-state index is 0.130. The van der Waals surface area contributed by atoms with Gasteiger partial charge in [0.1, 0.15) is 21.5 Å². The minimum Gasteiger partial charge on any atom is -0.481 e. The highest BCUT2D eigenvalue weighted by Gasteiger charge is 2.33. The molecule has 0 bridgehead atoms. The van der Waals surface area contributed by atoms with Crippen molar-refractivity contribution in [3.05, 3.63) is 92.7 Å². The zero-order chi connectivity index (χ0) is 45.9. The van der Waals surface area contributed by atoms with E-state index in [1.165, 1.54) is 46.9 Å². The highest BCUT2D eigenvalue weighted by molar-refractivity contribution is 8.02. The quantitative estimate of drug-likeness (QED) is 0.0548. The molecule has 0 fully saturated rings. The molecule has 0 aliphatic rings. The van der Waals surface area contributed by atoms with Crippen molar-refractivity contribution in [3.63, 3.8) is 0 Å². The molecule has 61 heavy (non-hydrogen) atoms. The second-order valence-corrected chi connectivity index (χ2v) is 18.1. The molecule has 4 aromatic rings. The molecule has 2 heterocycles. The second kappa shape index (κ2) is 21.6. The molecular weight excluding hydrogens is 899 g/mol. The Morgan fingerprint density at radius 2 is 1.07 bits per heavy atom. The summed E-state index contributed by atoms with van der Waals surface area (Å²) in [6, 6.07) is 12.3. The molecule has 0 radical (unpaired) electrons. The van der Waals surface area contributed by atoms with Crippen LogP contribution in [0.1, 0.15) is 76.2 Å². The lowest BCUT2D eigenvalue weighted by atomic mass is 10.0. The first kappa shape index (κ1) is 50.3. The van der Waals surface area contributed by atoms with Gasteiger partial charge in [-0.1, -0.05) is 13.8 Å². The van der Waals surface area contributed by atoms with Gasteiger partial charge in [0.2, 0.25) is 11.8 Å². The van der Waals surface area contributed by atoms with Crippen LogP contribution in [0, 0.1) is 0 Å². The molecule has 2 aromatic carbocycles. The Balaban J connectivity index is 0.000000325. The SMILES string of the molecule is CCc1cc(C(=O)c2ccc(OC(F)(F)F)cc2)c(NC(=O)C(C)(C)SCC(=O)O)s1.CCc1cc(C(=O)c2ccc(OC(F)(F)F)cc2)c(NC(=O)C(C)SCC(=O)O)s1. The largest absolute Gasteiger partial charge is 0.573 e. The van der Waals surface area contributed by atoms with Crippen molar-refractivity contribution in [1.29, 1.82) is 0 Å². The Hall–Kier alpha value is -5.06. The zero-order valence-corrected chi connectivity index (χ0v) is 36.0. The highest BCUT2D eigenvalue weighted by Crippen LogP contribution is 2.35. The molecule has 4 rings (SSSR count). The number of nitrogens with one attached hydrogen (secondary N) is 2. The number of anilines is 2. The van der Waals surface area contributed by atoms with E-state index in [-0.39, 0.29) is 33.8 Å². The van der Waals surface area contributed by atoms with Gasteiger partial charge in [0.15, 0.2) is 11.6 Å². The van der Waals surface area contributed by atoms with Gasteiger partial charge in [0.05, 0.1) is 32.6 Å². The van der Waals surface area contributed by atoms with Gasteiger partial charge >= 0.3 is 24.7 Å². The topological polar surface area (TPSA) is 185 Å². The van der Waals surface area contributed by atoms with Crippen molar-refractivity contribution in [2.75, 3.05) is 22.1 Å². The summed E-state index contributed by atoms with van der Waals surface area (Å²) in [7, 11) is 0. The van der Waals surface area contributed by atoms with E-state index in [1.54, 1.807) is 32.9 Å². The monoisotopic (exact) mass is 936 g/mol. The predicted molar refractivity (Wildman–Crippen MR) is 221 cm³/mol. The molecule has 0 aliphatic heterocycles. The summed E-state index contributed by atoms with van der Waals surface area (Å²) in [5.74, 6) is -5.35. The first-order chi connectivity index (χ1) is 28.3. The number of carboxylic acids is 2. The van der Waals surface area contributed by atoms with Gasteiger partial charge in [0.25, 0.3) is 0 Å². The zero-order valence-electron chi connectivity index (χ0n) is 32.7. The number of benzene rings is 2. The third-order valence-electron chi connectivity index (χ3n) is 7.85. The van der Waals surface area contributed by atoms with Crippen LogP contribution in [0.2, 0.25) is 0 Å². The van der Waals surface area contributed by atoms with Crippen molar-refractivity contribution in [2.24, 2.45) is 0 Å². The highest BCUT2D eigenvalue weighted by atomic mass is 32.2. The van der Waals surface area contributed by atoms with Gasteiger partial charge in [-0.3, -0.25) is 28.8 Å². The molecule has 1 unspecified atom stereocenters. The van der Waals surface area contributed by atoms with Crippen LogP contribution in [0.5, 0.6) is 11.5 Å². The van der Waals surface area contributed by atoms with Gasteiger partial charge in [-0.05, 0) is 94.3 Å². The van der Waals surface area contributed by atoms with Gasteiger partial charge in [0, 0.05) is 20.9 Å². The third-order valence-corrected chi connectivity index (χ3v) is 12.7. The number of aryl methyl sites for hydroxylation is 2. The van der Waals surface area contributed by atoms with E-state index in [1.807, 2.05) is 13.8 Å². The number of ketones is 2. The first-order valence-electron chi connectivity index (χ1n) is 17.7. The number of halogens is 6. The maximum Gasteiger partial charge on any atom is 0.573 e. The van der Waals surface area contributed by atoms with Crippen LogP contribution < -0.4 is 20.1 Å². The number of hydrogen-bond acceptors (Lipinski definition) is 12. The Morgan fingerprint density at radius 1 is 0.672 bits per heavy atom. The molecule has 0 saturated heterocycles. The summed E-state index contributed by atoms with van der Waals surface area (Å²) in [6.45, 7) is 8.45. The summed E-state index contributed by atoms with van der Waals surface area (Å²) >= 11 is 4.31. The van der Waals surface area contributed by atoms with Crippen LogP contribution in [-0.2, 0) is 32.0 Å². The molecule has 1 atom stereocenters. The summed E-state index contributed by atoms with van der Waals surface area (Å²) < 4.78 is 80.3. The predicted octanol–water partition coefficient (Wildman–Crippen LogP) is 9.56. The number of carbonyl (C=O) groups excluding carboxylic acids is 4. The lowest BCUT2D eigenvalue weighted by Gasteiger charge is -2.22. The number of amides is 2. The van der Waals surface area contributed by atoms with Gasteiger partial charge in [-0.15, -0.1) is 72.5 Å². The smallest absolute Gasteiger partial charge is 0.481 e. The third kappa shape index (κ3) is 16.1. The van der Waals surface area contributed by atoms with Crippen LogP contribution in [0.3, 0.4) is 0 Å². The van der Waals surface area contributed by atoms with Gasteiger partial charge < -0.3 is 30.3 Å². The van der Waals surface area contributed by atoms with Crippen LogP contribution in [-0.4, -0.2) is 79.8 Å². The Kier molecular flexibility index (Phi) is 17.8. The Bertz CT molecular complexity index is 2200. The number of thiophene rings is 2. The Morgan fingerprint density at radius 3 is 1.43 bits per heavy atom. The molecule has 0 saturated carbocycles. The van der Waals surface area contributed by atoms with Gasteiger partial charge in [-0.2, -0.15) is 0 Å². The number of carbonyl (C=O) groups is 6. The number of thioether (sulfide) groups is 2. The fourth-order valence-electron chi connectivity index (χ4n) is 4.73. The molecule has 0 aliphatic carbocycles. The van der Waals surface area contributed by atoms with E-state index in [2.05, 4.69) is 20.1 Å². The first-order valence-corrected chi connectivity index (χ1v) is 21.4. The lowest BCUT2D eigenvalue weighted by Crippen LogP contribution is -2.35. The standard InChI is InChI=1S/C20H20F3NO5S2.C19H18F3NO5S2/c1-4-13-9-14(16(27)11-5-7-12(8-6-11)29-20(21,22)23)17(31-13)24-18(28)19(2,3)30-10-15(25)26;1-3-13-8-14(18(30-13)23-17(27)10(2)29-9-15(24)25)16(26)11-4-6-12(7-5-11)28-19(20,21)22/h5-9H,4,10H2,1-3H3,(H,24,28)(H,25,26);4-8,10H,3,9H2,1-2H3,(H,23,27)(H,24,25). The van der Waals surface area contributed by atoms with Crippen LogP contribution in [0.4, 0.5) is 36.3 Å². The van der Waals surface area contributed by atoms with E-state index >= 15 is 0 Å². The number of hydrogen-bond donors (Lipinski definition) is 4. The van der Waals surface area contributed by atoms with Gasteiger partial charge in [-0.25, -0.2) is 0 Å². The Labute approximate surface area is 361 Å². The van der Waals surface area contributed by atoms with Crippen LogP contribution in [0.25, 0.3) is 0 Å². The van der Waals surface area contributed by atoms with E-state index < -0.39 is 69.5 Å². The molecule has 2 aromatic heterocycles. The van der Waals surface area contributed by atoms with E-state index in [4.69, 9.17) is 10.2 Å². The number of carboxylic acid groups (broad SMARTS) is 2. The molecule has 12 nitrogen and oxygen atoms in total. The maximum atomic E-state index is 12.9. The average Bonchev–Trinajstić information content (AvgIpc) is 3.78. The average molecular weight is 937 g/mol. The lowest BCUT2D eigenvalue weighted by molar-refractivity contribution is -0.275. The van der Waals surface area contributed by atoms with Crippen LogP contribution >= 0.6 is 46.2 Å². The fourth-order valence-corrected chi connectivity index (χ4v) is 7.98. The summed E-state index contributed by atoms with van der Waals surface area (Å²) in [6.07, 6.45) is -8.45. The molecule has 330 valence electrons. The van der Waals surface area contributed by atoms with E-state index in [0.717, 1.165) is 57.5 Å². The summed E-state index contributed by atoms with van der Waals surface area (Å²) in [5.41, 5.74) is 0.683.